The first-order chi connectivity index (χ1) is 13.5. The fourth-order valence-electron chi connectivity index (χ4n) is 2.95. The number of nitrogens with zero attached hydrogens (tertiary/aromatic N) is 3. The number of anilines is 2. The number of carbonyl (C=O) groups excluding carboxylic acids is 2. The molecule has 0 aliphatic carbocycles. The zero-order valence-electron chi connectivity index (χ0n) is 15.3. The third-order valence-electron chi connectivity index (χ3n) is 4.36. The van der Waals surface area contributed by atoms with E-state index in [1.165, 1.54) is 0 Å². The number of piperazine rings is 1. The second kappa shape index (κ2) is 9.12. The van der Waals surface area contributed by atoms with Crippen LogP contribution < -0.4 is 10.2 Å². The highest BCUT2D eigenvalue weighted by molar-refractivity contribution is 6.38. The Morgan fingerprint density at radius 3 is 2.25 bits per heavy atom. The van der Waals surface area contributed by atoms with Crippen molar-refractivity contribution in [2.45, 2.75) is 6.92 Å². The molecule has 1 N–H and O–H groups in total. The predicted octanol–water partition coefficient (Wildman–Crippen LogP) is 3.92. The Morgan fingerprint density at radius 1 is 1.07 bits per heavy atom. The van der Waals surface area contributed by atoms with Crippen molar-refractivity contribution in [3.8, 4) is 0 Å². The van der Waals surface area contributed by atoms with E-state index < -0.39 is 0 Å². The van der Waals surface area contributed by atoms with Gasteiger partial charge in [0.05, 0.1) is 27.9 Å². The quantitative estimate of drug-likeness (QED) is 0.755. The van der Waals surface area contributed by atoms with Gasteiger partial charge < -0.3 is 19.9 Å². The number of nitrogens with one attached hydrogen (secondary N) is 1. The van der Waals surface area contributed by atoms with Crippen LogP contribution in [0.2, 0.25) is 10.0 Å². The summed E-state index contributed by atoms with van der Waals surface area (Å²) in [5, 5.41) is 3.83. The molecule has 1 fully saturated rings. The van der Waals surface area contributed by atoms with Gasteiger partial charge in [0.2, 0.25) is 0 Å². The van der Waals surface area contributed by atoms with Gasteiger partial charge in [0, 0.05) is 44.3 Å². The number of hydrogen-bond donors (Lipinski definition) is 1. The van der Waals surface area contributed by atoms with Crippen molar-refractivity contribution in [3.05, 3.63) is 52.3 Å². The number of amides is 2. The van der Waals surface area contributed by atoms with Crippen LogP contribution in [0, 0.1) is 0 Å². The van der Waals surface area contributed by atoms with E-state index in [2.05, 4.69) is 10.3 Å². The molecule has 1 aliphatic heterocycles. The lowest BCUT2D eigenvalue weighted by Crippen LogP contribution is -2.50. The molecule has 148 valence electrons. The Kier molecular flexibility index (Phi) is 6.59. The van der Waals surface area contributed by atoms with Crippen molar-refractivity contribution in [1.82, 2.24) is 9.88 Å². The molecule has 0 spiro atoms. The third kappa shape index (κ3) is 4.66. The number of carbonyl (C=O) groups is 2. The lowest BCUT2D eigenvalue weighted by molar-refractivity contribution is 0.0526. The van der Waals surface area contributed by atoms with Crippen LogP contribution in [-0.4, -0.2) is 54.7 Å². The number of aromatic nitrogens is 1. The molecule has 0 atom stereocenters. The summed E-state index contributed by atoms with van der Waals surface area (Å²) >= 11 is 12.4. The normalized spacial score (nSPS) is 14.0. The highest BCUT2D eigenvalue weighted by atomic mass is 35.5. The van der Waals surface area contributed by atoms with Crippen molar-refractivity contribution < 1.29 is 14.3 Å². The van der Waals surface area contributed by atoms with E-state index in [0.29, 0.717) is 54.1 Å². The summed E-state index contributed by atoms with van der Waals surface area (Å²) in [7, 11) is 0. The predicted molar refractivity (Wildman–Crippen MR) is 109 cm³/mol. The van der Waals surface area contributed by atoms with E-state index in [-0.39, 0.29) is 12.0 Å². The minimum Gasteiger partial charge on any atom is -0.462 e. The number of halogens is 2. The minimum atomic E-state index is -0.384. The molecule has 0 unspecified atom stereocenters. The van der Waals surface area contributed by atoms with Gasteiger partial charge in [-0.3, -0.25) is 4.98 Å². The van der Waals surface area contributed by atoms with Gasteiger partial charge in [-0.15, -0.1) is 0 Å². The van der Waals surface area contributed by atoms with Gasteiger partial charge in [0.1, 0.15) is 0 Å². The lowest BCUT2D eigenvalue weighted by Gasteiger charge is -2.36. The Morgan fingerprint density at radius 2 is 1.68 bits per heavy atom. The van der Waals surface area contributed by atoms with Crippen LogP contribution in [0.3, 0.4) is 0 Å². The standard InChI is InChI=1S/C19H20Cl2N4O3/c1-2-28-18(26)13-3-5-14(6-4-13)23-19(27)25-9-7-24(8-10-25)17-15(20)11-22-12-16(17)21/h3-6,11-12H,2,7-10H2,1H3,(H,23,27). The van der Waals surface area contributed by atoms with Crippen LogP contribution in [0.1, 0.15) is 17.3 Å². The van der Waals surface area contributed by atoms with E-state index in [9.17, 15) is 9.59 Å². The van der Waals surface area contributed by atoms with Crippen LogP contribution in [0.4, 0.5) is 16.2 Å². The molecule has 1 aliphatic rings. The molecular formula is C19H20Cl2N4O3. The Labute approximate surface area is 173 Å². The number of esters is 1. The van der Waals surface area contributed by atoms with Crippen LogP contribution in [0.25, 0.3) is 0 Å². The first-order valence-corrected chi connectivity index (χ1v) is 9.62. The number of benzene rings is 1. The van der Waals surface area contributed by atoms with Crippen molar-refractivity contribution in [3.63, 3.8) is 0 Å². The number of pyridine rings is 1. The molecule has 28 heavy (non-hydrogen) atoms. The number of hydrogen-bond acceptors (Lipinski definition) is 5. The Hall–Kier alpha value is -2.51. The maximum atomic E-state index is 12.5. The third-order valence-corrected chi connectivity index (χ3v) is 4.91. The number of urea groups is 1. The molecule has 3 rings (SSSR count). The van der Waals surface area contributed by atoms with Crippen LogP contribution in [0.5, 0.6) is 0 Å². The number of rotatable bonds is 4. The second-order valence-electron chi connectivity index (χ2n) is 6.15. The van der Waals surface area contributed by atoms with Gasteiger partial charge in [-0.1, -0.05) is 23.2 Å². The molecule has 2 aromatic rings. The van der Waals surface area contributed by atoms with Gasteiger partial charge in [-0.05, 0) is 31.2 Å². The van der Waals surface area contributed by atoms with E-state index in [0.717, 1.165) is 5.69 Å². The molecule has 1 aromatic heterocycles. The van der Waals surface area contributed by atoms with Crippen molar-refractivity contribution in [2.24, 2.45) is 0 Å². The molecule has 2 amide bonds. The zero-order chi connectivity index (χ0) is 20.1. The molecule has 0 saturated carbocycles. The average Bonchev–Trinajstić information content (AvgIpc) is 2.69. The Balaban J connectivity index is 1.56. The molecule has 2 heterocycles. The maximum Gasteiger partial charge on any atom is 0.338 e. The summed E-state index contributed by atoms with van der Waals surface area (Å²) in [6.07, 6.45) is 3.11. The van der Waals surface area contributed by atoms with Crippen molar-refractivity contribution in [1.29, 1.82) is 0 Å². The summed E-state index contributed by atoms with van der Waals surface area (Å²) in [6.45, 7) is 4.35. The lowest BCUT2D eigenvalue weighted by atomic mass is 10.2. The fourth-order valence-corrected chi connectivity index (χ4v) is 3.55. The molecule has 9 heteroatoms. The second-order valence-corrected chi connectivity index (χ2v) is 6.97. The van der Waals surface area contributed by atoms with Crippen molar-refractivity contribution >= 4 is 46.6 Å². The summed E-state index contributed by atoms with van der Waals surface area (Å²) in [4.78, 5) is 31.9. The van der Waals surface area contributed by atoms with Crippen LogP contribution in [0.15, 0.2) is 36.7 Å². The molecule has 0 bridgehead atoms. The first-order valence-electron chi connectivity index (χ1n) is 8.86. The summed E-state index contributed by atoms with van der Waals surface area (Å²) in [5.41, 5.74) is 1.80. The number of ether oxygens (including phenoxy) is 1. The SMILES string of the molecule is CCOC(=O)c1ccc(NC(=O)N2CCN(c3c(Cl)cncc3Cl)CC2)cc1. The van der Waals surface area contributed by atoms with Gasteiger partial charge in [-0.25, -0.2) is 9.59 Å². The molecular weight excluding hydrogens is 403 g/mol. The molecule has 7 nitrogen and oxygen atoms in total. The monoisotopic (exact) mass is 422 g/mol. The maximum absolute atomic E-state index is 12.5. The van der Waals surface area contributed by atoms with Crippen molar-refractivity contribution in [2.75, 3.05) is 43.0 Å². The van der Waals surface area contributed by atoms with E-state index in [4.69, 9.17) is 27.9 Å². The smallest absolute Gasteiger partial charge is 0.338 e. The fraction of sp³-hybridized carbons (Fsp3) is 0.316. The van der Waals surface area contributed by atoms with E-state index in [1.807, 2.05) is 4.90 Å². The highest BCUT2D eigenvalue weighted by Crippen LogP contribution is 2.33. The first kappa shape index (κ1) is 20.2. The summed E-state index contributed by atoms with van der Waals surface area (Å²) < 4.78 is 4.95. The largest absolute Gasteiger partial charge is 0.462 e. The molecule has 0 radical (unpaired) electrons. The zero-order valence-corrected chi connectivity index (χ0v) is 16.8. The molecule has 1 aromatic carbocycles. The van der Waals surface area contributed by atoms with Gasteiger partial charge in [0.15, 0.2) is 0 Å². The summed E-state index contributed by atoms with van der Waals surface area (Å²) in [5.74, 6) is -0.384. The topological polar surface area (TPSA) is 74.8 Å². The van der Waals surface area contributed by atoms with E-state index in [1.54, 1.807) is 48.5 Å². The van der Waals surface area contributed by atoms with Gasteiger partial charge in [-0.2, -0.15) is 0 Å². The van der Waals surface area contributed by atoms with Gasteiger partial charge >= 0.3 is 12.0 Å². The minimum absolute atomic E-state index is 0.199. The van der Waals surface area contributed by atoms with E-state index >= 15 is 0 Å². The molecule has 1 saturated heterocycles. The van der Waals surface area contributed by atoms with Crippen LogP contribution in [-0.2, 0) is 4.74 Å². The van der Waals surface area contributed by atoms with Gasteiger partial charge in [0.25, 0.3) is 0 Å². The average molecular weight is 423 g/mol. The summed E-state index contributed by atoms with van der Waals surface area (Å²) in [6, 6.07) is 6.40. The Bertz CT molecular complexity index is 833. The highest BCUT2D eigenvalue weighted by Gasteiger charge is 2.24. The van der Waals surface area contributed by atoms with Crippen LogP contribution >= 0.6 is 23.2 Å².